The number of aryl methyl sites for hydroxylation is 2. The number of anilines is 1. The summed E-state index contributed by atoms with van der Waals surface area (Å²) >= 11 is 5.31. The second-order valence-electron chi connectivity index (χ2n) is 5.38. The van der Waals surface area contributed by atoms with Crippen molar-refractivity contribution < 1.29 is 9.53 Å². The Kier molecular flexibility index (Phi) is 5.92. The Hall–Kier alpha value is -2.41. The normalized spacial score (nSPS) is 10.3. The van der Waals surface area contributed by atoms with Crippen molar-refractivity contribution in [3.8, 4) is 0 Å². The molecule has 0 spiro atoms. The molecule has 0 aliphatic heterocycles. The fourth-order valence-corrected chi connectivity index (χ4v) is 2.51. The summed E-state index contributed by atoms with van der Waals surface area (Å²) in [6, 6.07) is 7.00. The minimum atomic E-state index is -0.327. The van der Waals surface area contributed by atoms with E-state index in [0.29, 0.717) is 23.8 Å². The van der Waals surface area contributed by atoms with Gasteiger partial charge < -0.3 is 15.4 Å². The zero-order chi connectivity index (χ0) is 17.7. The second kappa shape index (κ2) is 7.92. The van der Waals surface area contributed by atoms with Crippen molar-refractivity contribution in [2.75, 3.05) is 11.9 Å². The molecule has 0 amide bonds. The highest BCUT2D eigenvalue weighted by molar-refractivity contribution is 7.80. The lowest BCUT2D eigenvalue weighted by Gasteiger charge is -2.11. The van der Waals surface area contributed by atoms with Gasteiger partial charge in [0.25, 0.3) is 0 Å². The minimum Gasteiger partial charge on any atom is -0.462 e. The number of benzene rings is 1. The first-order valence-corrected chi connectivity index (χ1v) is 8.14. The number of hydrogen-bond donors (Lipinski definition) is 2. The van der Waals surface area contributed by atoms with Crippen molar-refractivity contribution in [1.82, 2.24) is 15.1 Å². The summed E-state index contributed by atoms with van der Waals surface area (Å²) in [4.78, 5) is 11.6. The Labute approximate surface area is 147 Å². The van der Waals surface area contributed by atoms with Crippen LogP contribution in [0.25, 0.3) is 0 Å². The molecule has 6 nitrogen and oxygen atoms in total. The van der Waals surface area contributed by atoms with E-state index in [1.54, 1.807) is 31.2 Å². The third-order valence-electron chi connectivity index (χ3n) is 3.74. The fourth-order valence-electron chi connectivity index (χ4n) is 2.32. The van der Waals surface area contributed by atoms with Crippen LogP contribution in [0, 0.1) is 13.8 Å². The van der Waals surface area contributed by atoms with Crippen LogP contribution in [-0.2, 0) is 18.3 Å². The molecule has 0 bridgehead atoms. The van der Waals surface area contributed by atoms with Crippen LogP contribution in [0.4, 0.5) is 5.69 Å². The number of carbonyl (C=O) groups excluding carboxylic acids is 1. The Balaban J connectivity index is 1.91. The Morgan fingerprint density at radius 3 is 2.50 bits per heavy atom. The first-order chi connectivity index (χ1) is 11.4. The Bertz CT molecular complexity index is 738. The smallest absolute Gasteiger partial charge is 0.338 e. The van der Waals surface area contributed by atoms with Crippen LogP contribution in [-0.4, -0.2) is 27.5 Å². The lowest BCUT2D eigenvalue weighted by Crippen LogP contribution is -2.28. The van der Waals surface area contributed by atoms with E-state index in [1.807, 2.05) is 25.6 Å². The van der Waals surface area contributed by atoms with Gasteiger partial charge in [-0.15, -0.1) is 0 Å². The first-order valence-electron chi connectivity index (χ1n) is 7.73. The molecular formula is C17H22N4O2S. The molecule has 0 radical (unpaired) electrons. The molecule has 1 heterocycles. The number of rotatable bonds is 5. The van der Waals surface area contributed by atoms with E-state index >= 15 is 0 Å². The van der Waals surface area contributed by atoms with Crippen LogP contribution in [0.2, 0.25) is 0 Å². The van der Waals surface area contributed by atoms with Crippen LogP contribution >= 0.6 is 12.2 Å². The predicted octanol–water partition coefficient (Wildman–Crippen LogP) is 2.70. The zero-order valence-electron chi connectivity index (χ0n) is 14.3. The van der Waals surface area contributed by atoms with Crippen molar-refractivity contribution in [2.24, 2.45) is 7.05 Å². The molecule has 0 aliphatic carbocycles. The Morgan fingerprint density at radius 1 is 1.29 bits per heavy atom. The summed E-state index contributed by atoms with van der Waals surface area (Å²) < 4.78 is 6.81. The number of ether oxygens (including phenoxy) is 1. The number of carbonyl (C=O) groups is 1. The van der Waals surface area contributed by atoms with Crippen LogP contribution < -0.4 is 10.6 Å². The first kappa shape index (κ1) is 17.9. The lowest BCUT2D eigenvalue weighted by molar-refractivity contribution is 0.0526. The van der Waals surface area contributed by atoms with Gasteiger partial charge in [0.2, 0.25) is 0 Å². The van der Waals surface area contributed by atoms with Gasteiger partial charge in [0.05, 0.1) is 17.9 Å². The molecule has 0 unspecified atom stereocenters. The van der Waals surface area contributed by atoms with Gasteiger partial charge in [-0.3, -0.25) is 4.68 Å². The Morgan fingerprint density at radius 2 is 1.96 bits per heavy atom. The maximum Gasteiger partial charge on any atom is 0.338 e. The standard InChI is InChI=1S/C17H22N4O2S/c1-5-23-16(22)13-6-8-14(9-7-13)19-17(24)18-10-15-11(2)20-21(4)12(15)3/h6-9H,5,10H2,1-4H3,(H2,18,19,24). The van der Waals surface area contributed by atoms with Crippen molar-refractivity contribution >= 4 is 29.0 Å². The summed E-state index contributed by atoms with van der Waals surface area (Å²) in [5, 5.41) is 11.2. The van der Waals surface area contributed by atoms with Gasteiger partial charge in [-0.25, -0.2) is 4.79 Å². The molecule has 0 atom stereocenters. The third-order valence-corrected chi connectivity index (χ3v) is 3.98. The highest BCUT2D eigenvalue weighted by Gasteiger charge is 2.10. The molecule has 0 aliphatic rings. The number of aromatic nitrogens is 2. The van der Waals surface area contributed by atoms with Gasteiger partial charge in [0.1, 0.15) is 0 Å². The largest absolute Gasteiger partial charge is 0.462 e. The molecule has 128 valence electrons. The van der Waals surface area contributed by atoms with Gasteiger partial charge in [-0.2, -0.15) is 5.10 Å². The average Bonchev–Trinajstić information content (AvgIpc) is 2.79. The molecule has 1 aromatic heterocycles. The van der Waals surface area contributed by atoms with Gasteiger partial charge in [-0.1, -0.05) is 0 Å². The maximum atomic E-state index is 11.6. The van der Waals surface area contributed by atoms with Crippen LogP contribution in [0.15, 0.2) is 24.3 Å². The molecule has 2 N–H and O–H groups in total. The highest BCUT2D eigenvalue weighted by atomic mass is 32.1. The van der Waals surface area contributed by atoms with E-state index in [2.05, 4.69) is 15.7 Å². The van der Waals surface area contributed by atoms with Crippen molar-refractivity contribution in [3.63, 3.8) is 0 Å². The highest BCUT2D eigenvalue weighted by Crippen LogP contribution is 2.13. The average molecular weight is 346 g/mol. The minimum absolute atomic E-state index is 0.327. The maximum absolute atomic E-state index is 11.6. The van der Waals surface area contributed by atoms with Gasteiger partial charge >= 0.3 is 5.97 Å². The number of nitrogens with one attached hydrogen (secondary N) is 2. The summed E-state index contributed by atoms with van der Waals surface area (Å²) in [6.45, 7) is 6.76. The lowest BCUT2D eigenvalue weighted by atomic mass is 10.2. The number of esters is 1. The van der Waals surface area contributed by atoms with E-state index in [-0.39, 0.29) is 5.97 Å². The van der Waals surface area contributed by atoms with E-state index in [9.17, 15) is 4.79 Å². The van der Waals surface area contributed by atoms with E-state index in [4.69, 9.17) is 17.0 Å². The van der Waals surface area contributed by atoms with Crippen molar-refractivity contribution in [1.29, 1.82) is 0 Å². The molecular weight excluding hydrogens is 324 g/mol. The van der Waals surface area contributed by atoms with E-state index in [0.717, 1.165) is 22.6 Å². The van der Waals surface area contributed by atoms with E-state index < -0.39 is 0 Å². The SMILES string of the molecule is CCOC(=O)c1ccc(NC(=S)NCc2c(C)nn(C)c2C)cc1. The third kappa shape index (κ3) is 4.32. The van der Waals surface area contributed by atoms with Crippen LogP contribution in [0.5, 0.6) is 0 Å². The monoisotopic (exact) mass is 346 g/mol. The molecule has 1 aromatic carbocycles. The summed E-state index contributed by atoms with van der Waals surface area (Å²) in [7, 11) is 1.92. The van der Waals surface area contributed by atoms with Gasteiger partial charge in [0, 0.05) is 30.5 Å². The summed E-state index contributed by atoms with van der Waals surface area (Å²) in [5.41, 5.74) is 4.56. The number of nitrogens with zero attached hydrogens (tertiary/aromatic N) is 2. The van der Waals surface area contributed by atoms with Crippen molar-refractivity contribution in [2.45, 2.75) is 27.3 Å². The molecule has 24 heavy (non-hydrogen) atoms. The summed E-state index contributed by atoms with van der Waals surface area (Å²) in [6.07, 6.45) is 0. The predicted molar refractivity (Wildman–Crippen MR) is 98.1 cm³/mol. The number of hydrogen-bond acceptors (Lipinski definition) is 4. The quantitative estimate of drug-likeness (QED) is 0.641. The zero-order valence-corrected chi connectivity index (χ0v) is 15.2. The van der Waals surface area contributed by atoms with Crippen LogP contribution in [0.1, 0.15) is 34.2 Å². The van der Waals surface area contributed by atoms with Crippen LogP contribution in [0.3, 0.4) is 0 Å². The van der Waals surface area contributed by atoms with Gasteiger partial charge in [0.15, 0.2) is 5.11 Å². The number of thiocarbonyl (C=S) groups is 1. The topological polar surface area (TPSA) is 68.2 Å². The molecule has 0 fully saturated rings. The molecule has 0 saturated heterocycles. The molecule has 0 saturated carbocycles. The molecule has 2 rings (SSSR count). The van der Waals surface area contributed by atoms with E-state index in [1.165, 1.54) is 0 Å². The fraction of sp³-hybridized carbons (Fsp3) is 0.353. The summed E-state index contributed by atoms with van der Waals surface area (Å²) in [5.74, 6) is -0.327. The molecule has 2 aromatic rings. The van der Waals surface area contributed by atoms with Crippen molar-refractivity contribution in [3.05, 3.63) is 46.8 Å². The second-order valence-corrected chi connectivity index (χ2v) is 5.79. The van der Waals surface area contributed by atoms with Gasteiger partial charge in [-0.05, 0) is 57.3 Å². The molecule has 7 heteroatoms.